The van der Waals surface area contributed by atoms with Crippen LogP contribution in [0.15, 0.2) is 0 Å². The zero-order chi connectivity index (χ0) is 9.87. The molecule has 3 nitrogen and oxygen atoms in total. The predicted octanol–water partition coefficient (Wildman–Crippen LogP) is 1.91. The Balaban J connectivity index is 1.99. The van der Waals surface area contributed by atoms with Crippen molar-refractivity contribution in [3.63, 3.8) is 0 Å². The number of ketones is 1. The first kappa shape index (κ1) is 8.21. The summed E-state index contributed by atoms with van der Waals surface area (Å²) in [6.07, 6.45) is 2.33. The molecule has 0 radical (unpaired) electrons. The quantitative estimate of drug-likeness (QED) is 0.724. The molecule has 1 aromatic rings. The molecule has 3 heteroatoms. The van der Waals surface area contributed by atoms with Gasteiger partial charge in [0.2, 0.25) is 0 Å². The Bertz CT molecular complexity index is 407. The minimum absolute atomic E-state index is 0.0943. The van der Waals surface area contributed by atoms with Gasteiger partial charge in [0.05, 0.1) is 0 Å². The van der Waals surface area contributed by atoms with Crippen LogP contribution in [0.25, 0.3) is 0 Å². The monoisotopic (exact) mass is 190 g/mol. The fraction of sp³-hybridized carbons (Fsp3) is 0.636. The van der Waals surface area contributed by atoms with E-state index in [0.29, 0.717) is 11.6 Å². The van der Waals surface area contributed by atoms with Gasteiger partial charge in [0.25, 0.3) is 0 Å². The standard InChI is InChI=1S/C11H14N2O/c1-3-6-7-4-8-10(5(2)14)12-13-11(8)9(6)7/h6-7,9H,3-4H2,1-2H3,(H,12,13)/t6-,7+,9-/m1/s1. The zero-order valence-electron chi connectivity index (χ0n) is 8.50. The lowest BCUT2D eigenvalue weighted by Gasteiger charge is -1.99. The molecule has 1 saturated carbocycles. The number of H-pyrrole nitrogens is 1. The molecule has 2 aliphatic rings. The fourth-order valence-electron chi connectivity index (χ4n) is 3.10. The van der Waals surface area contributed by atoms with Crippen LogP contribution < -0.4 is 0 Å². The van der Waals surface area contributed by atoms with Gasteiger partial charge in [-0.15, -0.1) is 0 Å². The number of rotatable bonds is 2. The molecule has 1 aromatic heterocycles. The topological polar surface area (TPSA) is 45.8 Å². The molecule has 1 N–H and O–H groups in total. The van der Waals surface area contributed by atoms with Crippen LogP contribution in [0, 0.1) is 11.8 Å². The van der Waals surface area contributed by atoms with E-state index in [1.165, 1.54) is 17.7 Å². The highest BCUT2D eigenvalue weighted by Crippen LogP contribution is 2.62. The summed E-state index contributed by atoms with van der Waals surface area (Å²) in [5.74, 6) is 2.44. The summed E-state index contributed by atoms with van der Waals surface area (Å²) in [6, 6.07) is 0. The SMILES string of the molecule is CC[C@@H]1[C@@H]2Cc3c(C(C)=O)n[nH]c3[C@H]12. The van der Waals surface area contributed by atoms with E-state index in [4.69, 9.17) is 0 Å². The maximum Gasteiger partial charge on any atom is 0.180 e. The van der Waals surface area contributed by atoms with E-state index in [2.05, 4.69) is 17.1 Å². The molecular formula is C11H14N2O. The van der Waals surface area contributed by atoms with Gasteiger partial charge in [-0.2, -0.15) is 5.10 Å². The van der Waals surface area contributed by atoms with Crippen LogP contribution in [0.5, 0.6) is 0 Å². The molecule has 2 aliphatic carbocycles. The van der Waals surface area contributed by atoms with Crippen LogP contribution >= 0.6 is 0 Å². The Hall–Kier alpha value is -1.12. The molecule has 1 heterocycles. The number of nitrogens with zero attached hydrogens (tertiary/aromatic N) is 1. The highest BCUT2D eigenvalue weighted by molar-refractivity contribution is 5.94. The second-order valence-corrected chi connectivity index (χ2v) is 4.49. The third-order valence-corrected chi connectivity index (χ3v) is 3.81. The summed E-state index contributed by atoms with van der Waals surface area (Å²) < 4.78 is 0. The molecular weight excluding hydrogens is 176 g/mol. The molecule has 3 rings (SSSR count). The van der Waals surface area contributed by atoms with Crippen LogP contribution in [-0.2, 0) is 6.42 Å². The fourth-order valence-corrected chi connectivity index (χ4v) is 3.10. The van der Waals surface area contributed by atoms with E-state index in [-0.39, 0.29) is 5.78 Å². The van der Waals surface area contributed by atoms with Gasteiger partial charge in [-0.3, -0.25) is 9.89 Å². The second-order valence-electron chi connectivity index (χ2n) is 4.49. The summed E-state index contributed by atoms with van der Waals surface area (Å²) in [5, 5.41) is 7.16. The van der Waals surface area contributed by atoms with Gasteiger partial charge < -0.3 is 0 Å². The number of carbonyl (C=O) groups excluding carboxylic acids is 1. The molecule has 0 amide bonds. The van der Waals surface area contributed by atoms with Crippen LogP contribution in [0.2, 0.25) is 0 Å². The Morgan fingerprint density at radius 3 is 3.07 bits per heavy atom. The largest absolute Gasteiger partial charge is 0.293 e. The maximum atomic E-state index is 11.3. The molecule has 0 spiro atoms. The lowest BCUT2D eigenvalue weighted by Crippen LogP contribution is -1.99. The van der Waals surface area contributed by atoms with Crippen molar-refractivity contribution in [3.05, 3.63) is 17.0 Å². The number of hydrogen-bond acceptors (Lipinski definition) is 2. The van der Waals surface area contributed by atoms with Crippen molar-refractivity contribution in [2.75, 3.05) is 0 Å². The molecule has 0 bridgehead atoms. The summed E-state index contributed by atoms with van der Waals surface area (Å²) in [5.41, 5.74) is 3.14. The van der Waals surface area contributed by atoms with Crippen LogP contribution in [0.1, 0.15) is 47.9 Å². The highest BCUT2D eigenvalue weighted by atomic mass is 16.1. The van der Waals surface area contributed by atoms with Crippen molar-refractivity contribution in [3.8, 4) is 0 Å². The number of carbonyl (C=O) groups is 1. The number of Topliss-reactive ketones (excluding diaryl/α,β-unsaturated/α-hetero) is 1. The van der Waals surface area contributed by atoms with Crippen molar-refractivity contribution in [1.29, 1.82) is 0 Å². The third-order valence-electron chi connectivity index (χ3n) is 3.81. The molecule has 3 atom stereocenters. The Kier molecular flexibility index (Phi) is 1.45. The molecule has 0 aliphatic heterocycles. The summed E-state index contributed by atoms with van der Waals surface area (Å²) in [4.78, 5) is 11.3. The summed E-state index contributed by atoms with van der Waals surface area (Å²) >= 11 is 0. The molecule has 74 valence electrons. The minimum Gasteiger partial charge on any atom is -0.293 e. The van der Waals surface area contributed by atoms with Crippen LogP contribution in [0.3, 0.4) is 0 Å². The first-order chi connectivity index (χ1) is 6.74. The van der Waals surface area contributed by atoms with Gasteiger partial charge in [0.15, 0.2) is 5.78 Å². The first-order valence-corrected chi connectivity index (χ1v) is 5.32. The lowest BCUT2D eigenvalue weighted by molar-refractivity contribution is 0.101. The van der Waals surface area contributed by atoms with E-state index < -0.39 is 0 Å². The van der Waals surface area contributed by atoms with Gasteiger partial charge in [0.1, 0.15) is 5.69 Å². The zero-order valence-corrected chi connectivity index (χ0v) is 8.50. The average Bonchev–Trinajstić information content (AvgIpc) is 2.55. The smallest absolute Gasteiger partial charge is 0.180 e. The number of nitrogens with one attached hydrogen (secondary N) is 1. The van der Waals surface area contributed by atoms with Gasteiger partial charge in [-0.25, -0.2) is 0 Å². The third kappa shape index (κ3) is 0.825. The molecule has 0 saturated heterocycles. The molecule has 14 heavy (non-hydrogen) atoms. The normalized spacial score (nSPS) is 32.6. The Morgan fingerprint density at radius 2 is 2.43 bits per heavy atom. The van der Waals surface area contributed by atoms with Gasteiger partial charge in [-0.1, -0.05) is 13.3 Å². The van der Waals surface area contributed by atoms with Crippen LogP contribution in [0.4, 0.5) is 0 Å². The Morgan fingerprint density at radius 1 is 1.64 bits per heavy atom. The molecule has 0 aromatic carbocycles. The molecule has 0 unspecified atom stereocenters. The molecule has 1 fully saturated rings. The average molecular weight is 190 g/mol. The van der Waals surface area contributed by atoms with E-state index >= 15 is 0 Å². The number of hydrogen-bond donors (Lipinski definition) is 1. The van der Waals surface area contributed by atoms with Crippen molar-refractivity contribution in [2.45, 2.75) is 32.6 Å². The Labute approximate surface area is 82.9 Å². The maximum absolute atomic E-state index is 11.3. The number of fused-ring (bicyclic) bond motifs is 3. The van der Waals surface area contributed by atoms with Crippen molar-refractivity contribution < 1.29 is 4.79 Å². The summed E-state index contributed by atoms with van der Waals surface area (Å²) in [6.45, 7) is 3.84. The summed E-state index contributed by atoms with van der Waals surface area (Å²) in [7, 11) is 0. The van der Waals surface area contributed by atoms with E-state index in [0.717, 1.165) is 18.3 Å². The van der Waals surface area contributed by atoms with E-state index in [1.54, 1.807) is 6.92 Å². The van der Waals surface area contributed by atoms with Crippen molar-refractivity contribution in [1.82, 2.24) is 10.2 Å². The van der Waals surface area contributed by atoms with Crippen LogP contribution in [-0.4, -0.2) is 16.0 Å². The minimum atomic E-state index is 0.0943. The first-order valence-electron chi connectivity index (χ1n) is 5.32. The lowest BCUT2D eigenvalue weighted by atomic mass is 10.0. The number of aromatic amines is 1. The van der Waals surface area contributed by atoms with E-state index in [1.807, 2.05) is 0 Å². The van der Waals surface area contributed by atoms with Gasteiger partial charge in [0, 0.05) is 24.1 Å². The highest BCUT2D eigenvalue weighted by Gasteiger charge is 2.56. The van der Waals surface area contributed by atoms with Crippen molar-refractivity contribution in [2.24, 2.45) is 11.8 Å². The number of aromatic nitrogens is 2. The predicted molar refractivity (Wildman–Crippen MR) is 52.3 cm³/mol. The van der Waals surface area contributed by atoms with Gasteiger partial charge in [-0.05, 0) is 18.3 Å². The van der Waals surface area contributed by atoms with Crippen molar-refractivity contribution >= 4 is 5.78 Å². The second kappa shape index (κ2) is 2.47. The van der Waals surface area contributed by atoms with E-state index in [9.17, 15) is 4.79 Å². The van der Waals surface area contributed by atoms with Gasteiger partial charge >= 0.3 is 0 Å².